The maximum absolute atomic E-state index is 10.6. The van der Waals surface area contributed by atoms with Crippen molar-refractivity contribution in [2.75, 3.05) is 24.5 Å². The Labute approximate surface area is 186 Å². The molecule has 3 aromatic rings. The summed E-state index contributed by atoms with van der Waals surface area (Å²) in [6, 6.07) is 6.56. The van der Waals surface area contributed by atoms with Crippen molar-refractivity contribution in [3.05, 3.63) is 51.3 Å². The summed E-state index contributed by atoms with van der Waals surface area (Å²) in [6.45, 7) is 11.4. The molecule has 0 saturated carbocycles. The van der Waals surface area contributed by atoms with Gasteiger partial charge in [-0.25, -0.2) is 4.98 Å². The Morgan fingerprint density at radius 2 is 1.77 bits per heavy atom. The van der Waals surface area contributed by atoms with Gasteiger partial charge in [0.05, 0.1) is 5.69 Å². The number of aryl methyl sites for hydroxylation is 4. The van der Waals surface area contributed by atoms with Gasteiger partial charge in [0, 0.05) is 47.1 Å². The molecule has 4 rings (SSSR count). The molecule has 1 aliphatic rings. The molecule has 0 radical (unpaired) electrons. The van der Waals surface area contributed by atoms with Crippen LogP contribution in [0.15, 0.2) is 28.9 Å². The molecule has 1 fully saturated rings. The van der Waals surface area contributed by atoms with E-state index in [0.29, 0.717) is 5.92 Å². The Bertz CT molecular complexity index is 1070. The molecule has 1 saturated heterocycles. The number of benzene rings is 1. The van der Waals surface area contributed by atoms with Crippen LogP contribution in [0.2, 0.25) is 0 Å². The maximum Gasteiger partial charge on any atom is 0.207 e. The standard InChI is InChI=1S/C24H29BrN4O/c1-15-9-20(25)10-16(2)23(15)29-13-17(3)22-21(11-18(4)27-24(22)29)28-7-5-19(6-8-28)12-26-14-30/h9-11,13-14,19H,5-8,12H2,1-4H3,(H,26,30). The number of carbonyl (C=O) groups is 1. The molecule has 1 aliphatic heterocycles. The number of rotatable bonds is 5. The van der Waals surface area contributed by atoms with Crippen molar-refractivity contribution in [3.8, 4) is 5.69 Å². The summed E-state index contributed by atoms with van der Waals surface area (Å²) < 4.78 is 3.37. The van der Waals surface area contributed by atoms with Gasteiger partial charge in [0.15, 0.2) is 0 Å². The Hall–Kier alpha value is -2.34. The first-order chi connectivity index (χ1) is 14.4. The summed E-state index contributed by atoms with van der Waals surface area (Å²) in [5.41, 5.74) is 8.26. The van der Waals surface area contributed by atoms with E-state index >= 15 is 0 Å². The Morgan fingerprint density at radius 1 is 1.10 bits per heavy atom. The molecule has 0 atom stereocenters. The SMILES string of the molecule is Cc1cc(N2CCC(CNC=O)CC2)c2c(C)cn(-c3c(C)cc(Br)cc3C)c2n1. The van der Waals surface area contributed by atoms with Crippen LogP contribution in [-0.4, -0.2) is 35.6 Å². The highest BCUT2D eigenvalue weighted by molar-refractivity contribution is 9.10. The van der Waals surface area contributed by atoms with Gasteiger partial charge in [-0.1, -0.05) is 15.9 Å². The summed E-state index contributed by atoms with van der Waals surface area (Å²) in [4.78, 5) is 18.1. The highest BCUT2D eigenvalue weighted by atomic mass is 79.9. The van der Waals surface area contributed by atoms with Crippen molar-refractivity contribution >= 4 is 39.1 Å². The van der Waals surface area contributed by atoms with Gasteiger partial charge < -0.3 is 14.8 Å². The zero-order valence-corrected chi connectivity index (χ0v) is 19.7. The van der Waals surface area contributed by atoms with Crippen molar-refractivity contribution < 1.29 is 4.79 Å². The number of pyridine rings is 1. The summed E-state index contributed by atoms with van der Waals surface area (Å²) >= 11 is 3.62. The van der Waals surface area contributed by atoms with E-state index in [1.54, 1.807) is 0 Å². The lowest BCUT2D eigenvalue weighted by Crippen LogP contribution is -2.37. The number of nitrogens with zero attached hydrogens (tertiary/aromatic N) is 3. The molecule has 30 heavy (non-hydrogen) atoms. The number of carbonyl (C=O) groups excluding carboxylic acids is 1. The third kappa shape index (κ3) is 3.85. The third-order valence-electron chi connectivity index (χ3n) is 6.19. The van der Waals surface area contributed by atoms with E-state index in [1.165, 1.54) is 33.5 Å². The lowest BCUT2D eigenvalue weighted by molar-refractivity contribution is -0.109. The summed E-state index contributed by atoms with van der Waals surface area (Å²) in [6.07, 6.45) is 5.22. The van der Waals surface area contributed by atoms with Crippen molar-refractivity contribution in [1.82, 2.24) is 14.9 Å². The minimum absolute atomic E-state index is 0.559. The van der Waals surface area contributed by atoms with Crippen LogP contribution < -0.4 is 10.2 Å². The molecule has 158 valence electrons. The second-order valence-corrected chi connectivity index (χ2v) is 9.42. The topological polar surface area (TPSA) is 50.2 Å². The molecule has 1 N–H and O–H groups in total. The number of fused-ring (bicyclic) bond motifs is 1. The zero-order valence-electron chi connectivity index (χ0n) is 18.1. The molecule has 0 spiro atoms. The predicted octanol–water partition coefficient (Wildman–Crippen LogP) is 4.98. The van der Waals surface area contributed by atoms with Crippen molar-refractivity contribution in [2.24, 2.45) is 5.92 Å². The normalized spacial score (nSPS) is 15.0. The van der Waals surface area contributed by atoms with Gasteiger partial charge >= 0.3 is 0 Å². The fourth-order valence-corrected chi connectivity index (χ4v) is 5.49. The number of anilines is 1. The van der Waals surface area contributed by atoms with E-state index in [1.807, 2.05) is 0 Å². The summed E-state index contributed by atoms with van der Waals surface area (Å²) in [5.74, 6) is 0.559. The quantitative estimate of drug-likeness (QED) is 0.536. The Morgan fingerprint density at radius 3 is 2.40 bits per heavy atom. The largest absolute Gasteiger partial charge is 0.371 e. The van der Waals surface area contributed by atoms with E-state index in [9.17, 15) is 4.79 Å². The second-order valence-electron chi connectivity index (χ2n) is 8.51. The van der Waals surface area contributed by atoms with Crippen molar-refractivity contribution in [3.63, 3.8) is 0 Å². The summed E-state index contributed by atoms with van der Waals surface area (Å²) in [5, 5.41) is 4.08. The van der Waals surface area contributed by atoms with Gasteiger partial charge in [0.2, 0.25) is 6.41 Å². The first-order valence-corrected chi connectivity index (χ1v) is 11.4. The number of amides is 1. The van der Waals surface area contributed by atoms with Gasteiger partial charge in [-0.3, -0.25) is 4.79 Å². The minimum Gasteiger partial charge on any atom is -0.371 e. The lowest BCUT2D eigenvalue weighted by Gasteiger charge is -2.34. The van der Waals surface area contributed by atoms with Crippen LogP contribution >= 0.6 is 15.9 Å². The third-order valence-corrected chi connectivity index (χ3v) is 6.65. The average Bonchev–Trinajstić information content (AvgIpc) is 3.01. The number of hydrogen-bond donors (Lipinski definition) is 1. The molecule has 6 heteroatoms. The van der Waals surface area contributed by atoms with Crippen LogP contribution in [0.1, 0.15) is 35.2 Å². The van der Waals surface area contributed by atoms with E-state index in [-0.39, 0.29) is 0 Å². The van der Waals surface area contributed by atoms with Gasteiger partial charge in [-0.2, -0.15) is 0 Å². The van der Waals surface area contributed by atoms with Crippen LogP contribution in [0.5, 0.6) is 0 Å². The molecular formula is C24H29BrN4O. The molecule has 0 unspecified atom stereocenters. The highest BCUT2D eigenvalue weighted by Crippen LogP contribution is 2.36. The molecule has 2 aromatic heterocycles. The first-order valence-electron chi connectivity index (χ1n) is 10.6. The minimum atomic E-state index is 0.559. The van der Waals surface area contributed by atoms with Crippen LogP contribution in [0.3, 0.4) is 0 Å². The van der Waals surface area contributed by atoms with E-state index < -0.39 is 0 Å². The van der Waals surface area contributed by atoms with E-state index in [4.69, 9.17) is 4.98 Å². The fraction of sp³-hybridized carbons (Fsp3) is 0.417. The zero-order chi connectivity index (χ0) is 21.4. The van der Waals surface area contributed by atoms with Crippen LogP contribution in [0.25, 0.3) is 16.7 Å². The van der Waals surface area contributed by atoms with Crippen LogP contribution in [0, 0.1) is 33.6 Å². The fourth-order valence-electron chi connectivity index (χ4n) is 4.81. The smallest absolute Gasteiger partial charge is 0.207 e. The van der Waals surface area contributed by atoms with Crippen LogP contribution in [0.4, 0.5) is 5.69 Å². The van der Waals surface area contributed by atoms with Gasteiger partial charge in [0.1, 0.15) is 5.65 Å². The molecule has 3 heterocycles. The van der Waals surface area contributed by atoms with Crippen molar-refractivity contribution in [1.29, 1.82) is 0 Å². The number of aromatic nitrogens is 2. The maximum atomic E-state index is 10.6. The van der Waals surface area contributed by atoms with Crippen molar-refractivity contribution in [2.45, 2.75) is 40.5 Å². The van der Waals surface area contributed by atoms with Gasteiger partial charge in [0.25, 0.3) is 0 Å². The molecule has 0 bridgehead atoms. The van der Waals surface area contributed by atoms with Gasteiger partial charge in [-0.15, -0.1) is 0 Å². The average molecular weight is 469 g/mol. The highest BCUT2D eigenvalue weighted by Gasteiger charge is 2.23. The molecular weight excluding hydrogens is 440 g/mol. The number of nitrogens with one attached hydrogen (secondary N) is 1. The Balaban J connectivity index is 1.77. The van der Waals surface area contributed by atoms with Gasteiger partial charge in [-0.05, 0) is 81.3 Å². The lowest BCUT2D eigenvalue weighted by atomic mass is 9.96. The number of piperidine rings is 1. The molecule has 1 aromatic carbocycles. The molecule has 5 nitrogen and oxygen atoms in total. The predicted molar refractivity (Wildman–Crippen MR) is 127 cm³/mol. The molecule has 1 amide bonds. The van der Waals surface area contributed by atoms with Crippen LogP contribution in [-0.2, 0) is 4.79 Å². The van der Waals surface area contributed by atoms with E-state index in [2.05, 4.69) is 82.8 Å². The number of hydrogen-bond acceptors (Lipinski definition) is 3. The monoisotopic (exact) mass is 468 g/mol. The first kappa shape index (κ1) is 20.9. The van der Waals surface area contributed by atoms with E-state index in [0.717, 1.165) is 54.7 Å². The molecule has 0 aliphatic carbocycles. The number of halogens is 1. The summed E-state index contributed by atoms with van der Waals surface area (Å²) in [7, 11) is 0. The Kier molecular flexibility index (Phi) is 5.87. The second kappa shape index (κ2) is 8.42.